The number of hydrogen-bond acceptors (Lipinski definition) is 3. The summed E-state index contributed by atoms with van der Waals surface area (Å²) < 4.78 is 14.3. The summed E-state index contributed by atoms with van der Waals surface area (Å²) in [4.78, 5) is 10.4. The van der Waals surface area contributed by atoms with Crippen LogP contribution in [-0.4, -0.2) is 10.0 Å². The first-order valence-electron chi connectivity index (χ1n) is 5.84. The van der Waals surface area contributed by atoms with Crippen molar-refractivity contribution >= 4 is 21.6 Å². The molecule has 4 nitrogen and oxygen atoms in total. The summed E-state index contributed by atoms with van der Waals surface area (Å²) in [5.41, 5.74) is 0.405. The van der Waals surface area contributed by atoms with E-state index in [1.807, 2.05) is 0 Å². The number of aliphatic hydroxyl groups is 1. The molecule has 2 rings (SSSR count). The van der Waals surface area contributed by atoms with Crippen molar-refractivity contribution in [2.75, 3.05) is 0 Å². The molecule has 0 aromatic heterocycles. The Morgan fingerprint density at radius 1 is 1.30 bits per heavy atom. The maximum Gasteiger partial charge on any atom is 0.272 e. The zero-order valence-electron chi connectivity index (χ0n) is 10.3. The molecule has 2 aromatic rings. The lowest BCUT2D eigenvalue weighted by molar-refractivity contribution is -0.385. The van der Waals surface area contributed by atoms with Crippen LogP contribution in [0.4, 0.5) is 10.1 Å². The minimum atomic E-state index is -1.14. The molecular formula is C14H11BrFNO3. The highest BCUT2D eigenvalue weighted by atomic mass is 79.9. The quantitative estimate of drug-likeness (QED) is 0.681. The van der Waals surface area contributed by atoms with Crippen molar-refractivity contribution in [3.63, 3.8) is 0 Å². The summed E-state index contributed by atoms with van der Waals surface area (Å²) in [6.45, 7) is 0. The molecule has 6 heteroatoms. The molecule has 0 bridgehead atoms. The van der Waals surface area contributed by atoms with Gasteiger partial charge in [-0.05, 0) is 12.1 Å². The molecule has 0 heterocycles. The zero-order chi connectivity index (χ0) is 14.7. The van der Waals surface area contributed by atoms with Gasteiger partial charge in [-0.25, -0.2) is 4.39 Å². The van der Waals surface area contributed by atoms with Crippen LogP contribution in [0.1, 0.15) is 17.2 Å². The van der Waals surface area contributed by atoms with Gasteiger partial charge in [0.1, 0.15) is 5.82 Å². The lowest BCUT2D eigenvalue weighted by atomic mass is 10.00. The molecule has 0 fully saturated rings. The lowest BCUT2D eigenvalue weighted by Crippen LogP contribution is -2.06. The van der Waals surface area contributed by atoms with Crippen LogP contribution in [0, 0.1) is 15.9 Å². The van der Waals surface area contributed by atoms with Gasteiger partial charge in [0.15, 0.2) is 0 Å². The fourth-order valence-electron chi connectivity index (χ4n) is 1.95. The van der Waals surface area contributed by atoms with Crippen LogP contribution >= 0.6 is 15.9 Å². The van der Waals surface area contributed by atoms with Crippen molar-refractivity contribution in [3.8, 4) is 0 Å². The third-order valence-corrected chi connectivity index (χ3v) is 3.42. The van der Waals surface area contributed by atoms with E-state index in [1.165, 1.54) is 18.2 Å². The smallest absolute Gasteiger partial charge is 0.272 e. The highest BCUT2D eigenvalue weighted by Gasteiger charge is 2.19. The lowest BCUT2D eigenvalue weighted by Gasteiger charge is -2.12. The van der Waals surface area contributed by atoms with E-state index in [0.717, 1.165) is 0 Å². The average Bonchev–Trinajstić information content (AvgIpc) is 2.38. The Balaban J connectivity index is 2.28. The van der Waals surface area contributed by atoms with Gasteiger partial charge in [-0.2, -0.15) is 0 Å². The SMILES string of the molecule is O=[N+]([O-])c1ccccc1CC(O)c1ccc(Br)cc1F. The zero-order valence-corrected chi connectivity index (χ0v) is 11.9. The van der Waals surface area contributed by atoms with Crippen molar-refractivity contribution < 1.29 is 14.4 Å². The van der Waals surface area contributed by atoms with Crippen molar-refractivity contribution in [1.29, 1.82) is 0 Å². The summed E-state index contributed by atoms with van der Waals surface area (Å²) in [7, 11) is 0. The largest absolute Gasteiger partial charge is 0.388 e. The Bertz CT molecular complexity index is 648. The van der Waals surface area contributed by atoms with E-state index >= 15 is 0 Å². The number of nitro groups is 1. The number of rotatable bonds is 4. The summed E-state index contributed by atoms with van der Waals surface area (Å²) in [5, 5.41) is 21.0. The topological polar surface area (TPSA) is 63.4 Å². The third kappa shape index (κ3) is 3.20. The van der Waals surface area contributed by atoms with Gasteiger partial charge in [-0.1, -0.05) is 40.2 Å². The summed E-state index contributed by atoms with van der Waals surface area (Å²) in [6, 6.07) is 10.4. The van der Waals surface area contributed by atoms with Crippen LogP contribution < -0.4 is 0 Å². The second kappa shape index (κ2) is 6.11. The van der Waals surface area contributed by atoms with Gasteiger partial charge >= 0.3 is 0 Å². The Labute approximate surface area is 123 Å². The Morgan fingerprint density at radius 3 is 2.65 bits per heavy atom. The predicted octanol–water partition coefficient (Wildman–Crippen LogP) is 3.77. The number of aliphatic hydroxyl groups excluding tert-OH is 1. The average molecular weight is 340 g/mol. The summed E-state index contributed by atoms with van der Waals surface area (Å²) >= 11 is 3.13. The number of benzene rings is 2. The van der Waals surface area contributed by atoms with Gasteiger partial charge in [0.05, 0.1) is 11.0 Å². The highest BCUT2D eigenvalue weighted by Crippen LogP contribution is 2.27. The van der Waals surface area contributed by atoms with Gasteiger partial charge < -0.3 is 5.11 Å². The molecule has 104 valence electrons. The fourth-order valence-corrected chi connectivity index (χ4v) is 2.28. The van der Waals surface area contributed by atoms with Crippen LogP contribution in [0.15, 0.2) is 46.9 Å². The number of nitro benzene ring substituents is 1. The first kappa shape index (κ1) is 14.6. The van der Waals surface area contributed by atoms with E-state index in [1.54, 1.807) is 24.3 Å². The first-order valence-corrected chi connectivity index (χ1v) is 6.63. The van der Waals surface area contributed by atoms with E-state index in [9.17, 15) is 19.6 Å². The van der Waals surface area contributed by atoms with E-state index < -0.39 is 16.8 Å². The van der Waals surface area contributed by atoms with Crippen LogP contribution in [0.25, 0.3) is 0 Å². The molecule has 0 aliphatic carbocycles. The molecule has 0 aliphatic rings. The van der Waals surface area contributed by atoms with Crippen molar-refractivity contribution in [2.24, 2.45) is 0 Å². The summed E-state index contributed by atoms with van der Waals surface area (Å²) in [5.74, 6) is -0.551. The van der Waals surface area contributed by atoms with E-state index in [0.29, 0.717) is 10.0 Å². The molecule has 0 aliphatic heterocycles. The fraction of sp³-hybridized carbons (Fsp3) is 0.143. The van der Waals surface area contributed by atoms with E-state index in [4.69, 9.17) is 0 Å². The van der Waals surface area contributed by atoms with E-state index in [2.05, 4.69) is 15.9 Å². The minimum Gasteiger partial charge on any atom is -0.388 e. The second-order valence-corrected chi connectivity index (χ2v) is 5.19. The predicted molar refractivity (Wildman–Crippen MR) is 75.9 cm³/mol. The molecule has 2 aromatic carbocycles. The minimum absolute atomic E-state index is 0.0181. The number of para-hydroxylation sites is 1. The van der Waals surface area contributed by atoms with Gasteiger partial charge in [-0.15, -0.1) is 0 Å². The first-order chi connectivity index (χ1) is 9.49. The molecule has 0 amide bonds. The maximum absolute atomic E-state index is 13.7. The van der Waals surface area contributed by atoms with Gasteiger partial charge in [-0.3, -0.25) is 10.1 Å². The molecule has 0 saturated heterocycles. The van der Waals surface area contributed by atoms with Crippen molar-refractivity contribution in [3.05, 3.63) is 74.0 Å². The molecular weight excluding hydrogens is 329 g/mol. The van der Waals surface area contributed by atoms with Crippen molar-refractivity contribution in [2.45, 2.75) is 12.5 Å². The maximum atomic E-state index is 13.7. The molecule has 0 spiro atoms. The third-order valence-electron chi connectivity index (χ3n) is 2.92. The number of hydrogen-bond donors (Lipinski definition) is 1. The van der Waals surface area contributed by atoms with Crippen LogP contribution in [-0.2, 0) is 6.42 Å². The normalized spacial score (nSPS) is 12.2. The van der Waals surface area contributed by atoms with Gasteiger partial charge in [0.2, 0.25) is 0 Å². The van der Waals surface area contributed by atoms with Gasteiger partial charge in [0, 0.05) is 28.1 Å². The molecule has 1 unspecified atom stereocenters. The van der Waals surface area contributed by atoms with Crippen LogP contribution in [0.2, 0.25) is 0 Å². The monoisotopic (exact) mass is 339 g/mol. The molecule has 20 heavy (non-hydrogen) atoms. The molecule has 1 N–H and O–H groups in total. The molecule has 1 atom stereocenters. The van der Waals surface area contributed by atoms with Gasteiger partial charge in [0.25, 0.3) is 5.69 Å². The number of nitrogens with zero attached hydrogens (tertiary/aromatic N) is 1. The van der Waals surface area contributed by atoms with Crippen molar-refractivity contribution in [1.82, 2.24) is 0 Å². The highest BCUT2D eigenvalue weighted by molar-refractivity contribution is 9.10. The molecule has 0 radical (unpaired) electrons. The van der Waals surface area contributed by atoms with E-state index in [-0.39, 0.29) is 17.7 Å². The standard InChI is InChI=1S/C14H11BrFNO3/c15-10-5-6-11(12(16)8-10)14(18)7-9-3-1-2-4-13(9)17(19)20/h1-6,8,14,18H,7H2. The Kier molecular flexibility index (Phi) is 4.46. The van der Waals surface area contributed by atoms with Crippen LogP contribution in [0.5, 0.6) is 0 Å². The Morgan fingerprint density at radius 2 is 2.00 bits per heavy atom. The molecule has 0 saturated carbocycles. The van der Waals surface area contributed by atoms with Crippen LogP contribution in [0.3, 0.4) is 0 Å². The summed E-state index contributed by atoms with van der Waals surface area (Å²) in [6.07, 6.45) is -1.15. The second-order valence-electron chi connectivity index (χ2n) is 4.27. The Hall–Kier alpha value is -1.79. The number of halogens is 2.